The molecular formula is C32H34N6O3. The molecule has 6 rings (SSSR count). The standard InChI is InChI=1S/C32H34N6O3/c1-36-11-13-37(14-12-36)15-16-41-27-8-9-29-24(17-27)18-30(35-29)28-19-26(7-10-31(28)39)34-32(40)25-20-33-38(22-25)21-23-5-3-2-4-6-23/h2-9,17-20,22,35H,10-16,21H2,1H3,(H,34,40). The fraction of sp³-hybridized carbons (Fsp3) is 0.281. The van der Waals surface area contributed by atoms with Crippen LogP contribution in [0.1, 0.15) is 28.0 Å². The van der Waals surface area contributed by atoms with E-state index in [1.54, 1.807) is 29.2 Å². The van der Waals surface area contributed by atoms with E-state index in [0.29, 0.717) is 30.0 Å². The molecule has 0 bridgehead atoms. The average Bonchev–Trinajstić information content (AvgIpc) is 3.63. The SMILES string of the molecule is CN1CCN(CCOc2ccc3[nH]c(C4=CC(NC(=O)c5cnn(Cc6ccccc6)c5)=CCC4=O)cc3c2)CC1. The highest BCUT2D eigenvalue weighted by Crippen LogP contribution is 2.28. The molecule has 1 amide bonds. The van der Waals surface area contributed by atoms with Gasteiger partial charge in [0, 0.05) is 67.5 Å². The molecule has 0 radical (unpaired) electrons. The first kappa shape index (κ1) is 26.7. The summed E-state index contributed by atoms with van der Waals surface area (Å²) in [6, 6.07) is 17.8. The predicted molar refractivity (Wildman–Crippen MR) is 159 cm³/mol. The minimum Gasteiger partial charge on any atom is -0.492 e. The summed E-state index contributed by atoms with van der Waals surface area (Å²) in [4.78, 5) is 33.9. The molecule has 41 heavy (non-hydrogen) atoms. The molecule has 2 N–H and O–H groups in total. The van der Waals surface area contributed by atoms with Gasteiger partial charge >= 0.3 is 0 Å². The molecule has 2 aliphatic rings. The zero-order chi connectivity index (χ0) is 28.2. The number of Topliss-reactive ketones (excluding diaryl/α,β-unsaturated/α-hetero) is 1. The van der Waals surface area contributed by atoms with E-state index >= 15 is 0 Å². The number of nitrogens with zero attached hydrogens (tertiary/aromatic N) is 4. The quantitative estimate of drug-likeness (QED) is 0.330. The van der Waals surface area contributed by atoms with Crippen molar-refractivity contribution in [2.24, 2.45) is 0 Å². The lowest BCUT2D eigenvalue weighted by Gasteiger charge is -2.32. The number of hydrogen-bond acceptors (Lipinski definition) is 6. The Morgan fingerprint density at radius 2 is 1.90 bits per heavy atom. The van der Waals surface area contributed by atoms with Crippen molar-refractivity contribution in [3.8, 4) is 5.75 Å². The van der Waals surface area contributed by atoms with Crippen molar-refractivity contribution in [3.05, 3.63) is 102 Å². The maximum absolute atomic E-state index is 12.9. The van der Waals surface area contributed by atoms with Crippen LogP contribution < -0.4 is 10.1 Å². The maximum Gasteiger partial charge on any atom is 0.258 e. The first-order valence-electron chi connectivity index (χ1n) is 14.0. The Morgan fingerprint density at radius 1 is 1.07 bits per heavy atom. The Kier molecular flexibility index (Phi) is 7.80. The number of ether oxygens (including phenoxy) is 1. The van der Waals surface area contributed by atoms with Gasteiger partial charge in [0.2, 0.25) is 0 Å². The zero-order valence-electron chi connectivity index (χ0n) is 23.2. The minimum atomic E-state index is -0.268. The van der Waals surface area contributed by atoms with Crippen molar-refractivity contribution in [3.63, 3.8) is 0 Å². The monoisotopic (exact) mass is 550 g/mol. The third-order valence-corrected chi connectivity index (χ3v) is 7.60. The second-order valence-corrected chi connectivity index (χ2v) is 10.6. The van der Waals surface area contributed by atoms with E-state index in [2.05, 4.69) is 32.2 Å². The van der Waals surface area contributed by atoms with Crippen LogP contribution in [0, 0.1) is 0 Å². The summed E-state index contributed by atoms with van der Waals surface area (Å²) in [5.74, 6) is 0.534. The van der Waals surface area contributed by atoms with Crippen molar-refractivity contribution < 1.29 is 14.3 Å². The summed E-state index contributed by atoms with van der Waals surface area (Å²) in [7, 11) is 2.16. The summed E-state index contributed by atoms with van der Waals surface area (Å²) in [6.07, 6.45) is 6.97. The molecule has 9 nitrogen and oxygen atoms in total. The largest absolute Gasteiger partial charge is 0.492 e. The van der Waals surface area contributed by atoms with Crippen molar-refractivity contribution >= 4 is 28.2 Å². The van der Waals surface area contributed by atoms with Gasteiger partial charge in [-0.1, -0.05) is 36.4 Å². The topological polar surface area (TPSA) is 95.5 Å². The van der Waals surface area contributed by atoms with Crippen LogP contribution in [-0.2, 0) is 11.3 Å². The van der Waals surface area contributed by atoms with Gasteiger partial charge < -0.3 is 19.9 Å². The second-order valence-electron chi connectivity index (χ2n) is 10.6. The molecule has 1 saturated heterocycles. The number of piperazine rings is 1. The normalized spacial score (nSPS) is 16.5. The van der Waals surface area contributed by atoms with Gasteiger partial charge in [0.15, 0.2) is 5.78 Å². The highest BCUT2D eigenvalue weighted by molar-refractivity contribution is 6.23. The predicted octanol–water partition coefficient (Wildman–Crippen LogP) is 3.71. The fourth-order valence-electron chi connectivity index (χ4n) is 5.17. The van der Waals surface area contributed by atoms with Crippen molar-refractivity contribution in [1.29, 1.82) is 0 Å². The van der Waals surface area contributed by atoms with Gasteiger partial charge in [0.05, 0.1) is 24.0 Å². The van der Waals surface area contributed by atoms with Crippen molar-refractivity contribution in [1.82, 2.24) is 29.9 Å². The van der Waals surface area contributed by atoms with Crippen LogP contribution in [0.15, 0.2) is 84.8 Å². The molecule has 2 aromatic carbocycles. The Labute approximate surface area is 239 Å². The number of benzene rings is 2. The Hall–Kier alpha value is -4.47. The number of likely N-dealkylation sites (N-methyl/N-ethyl adjacent to an activating group) is 1. The van der Waals surface area contributed by atoms with Gasteiger partial charge in [-0.2, -0.15) is 5.10 Å². The van der Waals surface area contributed by atoms with Crippen LogP contribution in [0.5, 0.6) is 5.75 Å². The Morgan fingerprint density at radius 3 is 2.73 bits per heavy atom. The van der Waals surface area contributed by atoms with E-state index in [9.17, 15) is 9.59 Å². The summed E-state index contributed by atoms with van der Waals surface area (Å²) in [5, 5.41) is 8.22. The lowest BCUT2D eigenvalue weighted by atomic mass is 9.98. The number of carbonyl (C=O) groups excluding carboxylic acids is 2. The van der Waals surface area contributed by atoms with Gasteiger partial charge in [-0.3, -0.25) is 19.2 Å². The Bertz CT molecular complexity index is 1610. The molecule has 0 spiro atoms. The summed E-state index contributed by atoms with van der Waals surface area (Å²) < 4.78 is 7.78. The van der Waals surface area contributed by atoms with E-state index in [1.807, 2.05) is 54.6 Å². The molecule has 9 heteroatoms. The first-order chi connectivity index (χ1) is 20.0. The number of ketones is 1. The molecule has 4 aromatic rings. The zero-order valence-corrected chi connectivity index (χ0v) is 23.2. The van der Waals surface area contributed by atoms with Crippen LogP contribution >= 0.6 is 0 Å². The molecule has 0 saturated carbocycles. The summed E-state index contributed by atoms with van der Waals surface area (Å²) in [5.41, 5.74) is 4.33. The van der Waals surface area contributed by atoms with Crippen LogP contribution in [-0.4, -0.2) is 82.6 Å². The molecular weight excluding hydrogens is 516 g/mol. The number of H-pyrrole nitrogens is 1. The molecule has 0 atom stereocenters. The fourth-order valence-corrected chi connectivity index (χ4v) is 5.17. The van der Waals surface area contributed by atoms with E-state index in [0.717, 1.165) is 60.6 Å². The van der Waals surface area contributed by atoms with Crippen LogP contribution in [0.3, 0.4) is 0 Å². The summed E-state index contributed by atoms with van der Waals surface area (Å²) in [6.45, 7) is 6.43. The highest BCUT2D eigenvalue weighted by Gasteiger charge is 2.20. The number of allylic oxidation sites excluding steroid dienone is 3. The van der Waals surface area contributed by atoms with E-state index in [-0.39, 0.29) is 18.1 Å². The number of hydrogen-bond donors (Lipinski definition) is 2. The van der Waals surface area contributed by atoms with Gasteiger partial charge in [-0.15, -0.1) is 0 Å². The molecule has 3 heterocycles. The van der Waals surface area contributed by atoms with E-state index in [4.69, 9.17) is 4.74 Å². The molecule has 210 valence electrons. The summed E-state index contributed by atoms with van der Waals surface area (Å²) >= 11 is 0. The number of aromatic nitrogens is 3. The lowest BCUT2D eigenvalue weighted by Crippen LogP contribution is -2.45. The van der Waals surface area contributed by atoms with Crippen LogP contribution in [0.2, 0.25) is 0 Å². The van der Waals surface area contributed by atoms with Gasteiger partial charge in [-0.05, 0) is 43.0 Å². The molecule has 0 unspecified atom stereocenters. The number of aromatic amines is 1. The number of amides is 1. The van der Waals surface area contributed by atoms with E-state index < -0.39 is 0 Å². The van der Waals surface area contributed by atoms with Gasteiger partial charge in [0.25, 0.3) is 5.91 Å². The van der Waals surface area contributed by atoms with Gasteiger partial charge in [-0.25, -0.2) is 0 Å². The number of nitrogens with one attached hydrogen (secondary N) is 2. The molecule has 2 aromatic heterocycles. The number of carbonyl (C=O) groups is 2. The van der Waals surface area contributed by atoms with Crippen molar-refractivity contribution in [2.75, 3.05) is 46.4 Å². The number of rotatable bonds is 9. The molecule has 1 aliphatic carbocycles. The third kappa shape index (κ3) is 6.48. The van der Waals surface area contributed by atoms with Crippen LogP contribution in [0.25, 0.3) is 16.5 Å². The van der Waals surface area contributed by atoms with Gasteiger partial charge in [0.1, 0.15) is 12.4 Å². The average molecular weight is 551 g/mol. The maximum atomic E-state index is 12.9. The van der Waals surface area contributed by atoms with Crippen molar-refractivity contribution in [2.45, 2.75) is 13.0 Å². The molecule has 1 aliphatic heterocycles. The Balaban J connectivity index is 1.09. The first-order valence-corrected chi connectivity index (χ1v) is 14.0. The second kappa shape index (κ2) is 12.0. The van der Waals surface area contributed by atoms with E-state index in [1.165, 1.54) is 0 Å². The molecule has 1 fully saturated rings. The third-order valence-electron chi connectivity index (χ3n) is 7.60. The lowest BCUT2D eigenvalue weighted by molar-refractivity contribution is -0.113. The smallest absolute Gasteiger partial charge is 0.258 e. The van der Waals surface area contributed by atoms with Crippen LogP contribution in [0.4, 0.5) is 0 Å². The highest BCUT2D eigenvalue weighted by atomic mass is 16.5. The number of fused-ring (bicyclic) bond motifs is 1. The minimum absolute atomic E-state index is 0.00566.